The minimum absolute atomic E-state index is 0. The third-order valence-electron chi connectivity index (χ3n) is 1.18. The van der Waals surface area contributed by atoms with Crippen molar-refractivity contribution < 1.29 is 1.43 Å². The fraction of sp³-hybridized carbons (Fsp3) is 0.429. The van der Waals surface area contributed by atoms with Crippen molar-refractivity contribution in [2.24, 2.45) is 0 Å². The largest absolute Gasteiger partial charge is 0.311 e. The molecule has 56 valence electrons. The molecular formula is C7H13N3. The molecule has 3 heteroatoms. The fourth-order valence-corrected chi connectivity index (χ4v) is 0.681. The summed E-state index contributed by atoms with van der Waals surface area (Å²) >= 11 is 0. The first-order valence-electron chi connectivity index (χ1n) is 3.40. The van der Waals surface area contributed by atoms with E-state index in [1.54, 1.807) is 6.20 Å². The summed E-state index contributed by atoms with van der Waals surface area (Å²) in [5.74, 6) is 0. The molecule has 0 amide bonds. The Morgan fingerprint density at radius 1 is 1.70 bits per heavy atom. The van der Waals surface area contributed by atoms with E-state index in [4.69, 9.17) is 0 Å². The van der Waals surface area contributed by atoms with Crippen molar-refractivity contribution in [1.29, 1.82) is 0 Å². The van der Waals surface area contributed by atoms with Gasteiger partial charge >= 0.3 is 0 Å². The summed E-state index contributed by atoms with van der Waals surface area (Å²) in [4.78, 5) is 0. The number of rotatable bonds is 3. The highest BCUT2D eigenvalue weighted by molar-refractivity contribution is 4.97. The lowest BCUT2D eigenvalue weighted by atomic mass is 10.4. The molecule has 0 bridgehead atoms. The molecule has 0 atom stereocenters. The van der Waals surface area contributed by atoms with E-state index in [1.165, 1.54) is 0 Å². The third kappa shape index (κ3) is 2.11. The first-order chi connectivity index (χ1) is 4.93. The van der Waals surface area contributed by atoms with Crippen LogP contribution >= 0.6 is 0 Å². The van der Waals surface area contributed by atoms with Crippen LogP contribution < -0.4 is 5.32 Å². The fourth-order valence-electron chi connectivity index (χ4n) is 0.681. The molecule has 1 aromatic rings. The van der Waals surface area contributed by atoms with Gasteiger partial charge in [0.2, 0.25) is 0 Å². The van der Waals surface area contributed by atoms with Crippen LogP contribution in [-0.2, 0) is 6.54 Å². The third-order valence-corrected chi connectivity index (χ3v) is 1.18. The number of aromatic nitrogens is 2. The van der Waals surface area contributed by atoms with Gasteiger partial charge in [-0.1, -0.05) is 6.92 Å². The highest BCUT2D eigenvalue weighted by atomic mass is 15.1. The Labute approximate surface area is 62.0 Å². The van der Waals surface area contributed by atoms with E-state index in [1.807, 2.05) is 12.1 Å². The Morgan fingerprint density at radius 3 is 3.20 bits per heavy atom. The zero-order chi connectivity index (χ0) is 7.23. The van der Waals surface area contributed by atoms with Crippen LogP contribution in [0.2, 0.25) is 0 Å². The average Bonchev–Trinajstić information content (AvgIpc) is 2.03. The number of hydrogen-bond acceptors (Lipinski definition) is 3. The van der Waals surface area contributed by atoms with Crippen LogP contribution in [-0.4, -0.2) is 16.7 Å². The van der Waals surface area contributed by atoms with Gasteiger partial charge in [0.1, 0.15) is 0 Å². The predicted octanol–water partition coefficient (Wildman–Crippen LogP) is 0.832. The second-order valence-corrected chi connectivity index (χ2v) is 2.00. The Morgan fingerprint density at radius 2 is 2.60 bits per heavy atom. The van der Waals surface area contributed by atoms with E-state index in [0.717, 1.165) is 18.8 Å². The first kappa shape index (κ1) is 7.15. The van der Waals surface area contributed by atoms with Gasteiger partial charge in [-0.3, -0.25) is 0 Å². The maximum absolute atomic E-state index is 3.90. The Bertz CT molecular complexity index is 178. The molecule has 0 unspecified atom stereocenters. The summed E-state index contributed by atoms with van der Waals surface area (Å²) in [6.07, 6.45) is 1.68. The molecule has 0 spiro atoms. The summed E-state index contributed by atoms with van der Waals surface area (Å²) in [6, 6.07) is 3.84. The van der Waals surface area contributed by atoms with E-state index in [-0.39, 0.29) is 1.43 Å². The van der Waals surface area contributed by atoms with Crippen molar-refractivity contribution >= 4 is 0 Å². The van der Waals surface area contributed by atoms with Crippen LogP contribution in [0.1, 0.15) is 14.0 Å². The smallest absolute Gasteiger partial charge is 0.0768 e. The van der Waals surface area contributed by atoms with Crippen LogP contribution in [0.15, 0.2) is 18.3 Å². The normalized spacial score (nSPS) is 9.70. The zero-order valence-electron chi connectivity index (χ0n) is 6.04. The van der Waals surface area contributed by atoms with E-state index in [2.05, 4.69) is 22.4 Å². The Hall–Kier alpha value is -0.960. The van der Waals surface area contributed by atoms with Gasteiger partial charge in [0, 0.05) is 14.2 Å². The standard InChI is InChI=1S/C7H11N3.H2/c1-2-8-6-7-4-3-5-9-10-7;/h3-5,8H,2,6H2,1H3;1H. The van der Waals surface area contributed by atoms with Gasteiger partial charge in [0.15, 0.2) is 0 Å². The minimum Gasteiger partial charge on any atom is -0.311 e. The second-order valence-electron chi connectivity index (χ2n) is 2.00. The molecule has 0 aromatic carbocycles. The summed E-state index contributed by atoms with van der Waals surface area (Å²) in [6.45, 7) is 3.84. The lowest BCUT2D eigenvalue weighted by molar-refractivity contribution is 0.698. The van der Waals surface area contributed by atoms with Crippen molar-refractivity contribution in [1.82, 2.24) is 15.5 Å². The average molecular weight is 139 g/mol. The second kappa shape index (κ2) is 3.95. The van der Waals surface area contributed by atoms with Crippen LogP contribution in [0.4, 0.5) is 0 Å². The van der Waals surface area contributed by atoms with Crippen LogP contribution in [0.25, 0.3) is 0 Å². The molecular weight excluding hydrogens is 126 g/mol. The summed E-state index contributed by atoms with van der Waals surface area (Å²) in [7, 11) is 0. The molecule has 0 aliphatic carbocycles. The SMILES string of the molecule is CCNCc1cccnn1.[HH]. The van der Waals surface area contributed by atoms with Gasteiger partial charge in [-0.05, 0) is 18.7 Å². The molecule has 3 nitrogen and oxygen atoms in total. The van der Waals surface area contributed by atoms with Gasteiger partial charge in [-0.25, -0.2) is 0 Å². The summed E-state index contributed by atoms with van der Waals surface area (Å²) in [5, 5.41) is 10.8. The molecule has 0 saturated heterocycles. The highest BCUT2D eigenvalue weighted by Gasteiger charge is 1.88. The predicted molar refractivity (Wildman–Crippen MR) is 41.5 cm³/mol. The molecule has 1 N–H and O–H groups in total. The Kier molecular flexibility index (Phi) is 2.83. The minimum atomic E-state index is 0. The van der Waals surface area contributed by atoms with E-state index < -0.39 is 0 Å². The molecule has 0 saturated carbocycles. The Balaban J connectivity index is 0.000001000. The maximum Gasteiger partial charge on any atom is 0.0768 e. The molecule has 1 heterocycles. The van der Waals surface area contributed by atoms with E-state index >= 15 is 0 Å². The zero-order valence-corrected chi connectivity index (χ0v) is 6.04. The number of nitrogens with one attached hydrogen (secondary N) is 1. The maximum atomic E-state index is 3.90. The van der Waals surface area contributed by atoms with Gasteiger partial charge < -0.3 is 5.32 Å². The van der Waals surface area contributed by atoms with Crippen molar-refractivity contribution in [2.45, 2.75) is 13.5 Å². The number of hydrogen-bond donors (Lipinski definition) is 1. The molecule has 0 aliphatic rings. The van der Waals surface area contributed by atoms with Crippen LogP contribution in [0.3, 0.4) is 0 Å². The van der Waals surface area contributed by atoms with E-state index in [9.17, 15) is 0 Å². The summed E-state index contributed by atoms with van der Waals surface area (Å²) < 4.78 is 0. The molecule has 0 fully saturated rings. The van der Waals surface area contributed by atoms with Gasteiger partial charge in [0.05, 0.1) is 5.69 Å². The molecule has 10 heavy (non-hydrogen) atoms. The van der Waals surface area contributed by atoms with E-state index in [0.29, 0.717) is 0 Å². The molecule has 1 aromatic heterocycles. The highest BCUT2D eigenvalue weighted by Crippen LogP contribution is 1.87. The van der Waals surface area contributed by atoms with Gasteiger partial charge in [-0.2, -0.15) is 10.2 Å². The topological polar surface area (TPSA) is 37.8 Å². The first-order valence-corrected chi connectivity index (χ1v) is 3.40. The summed E-state index contributed by atoms with van der Waals surface area (Å²) in [5.41, 5.74) is 0.990. The van der Waals surface area contributed by atoms with Crippen molar-refractivity contribution in [3.8, 4) is 0 Å². The molecule has 0 aliphatic heterocycles. The van der Waals surface area contributed by atoms with Crippen molar-refractivity contribution in [3.05, 3.63) is 24.0 Å². The van der Waals surface area contributed by atoms with Crippen molar-refractivity contribution in [3.63, 3.8) is 0 Å². The van der Waals surface area contributed by atoms with Crippen LogP contribution in [0, 0.1) is 0 Å². The van der Waals surface area contributed by atoms with Gasteiger partial charge in [0.25, 0.3) is 0 Å². The lowest BCUT2D eigenvalue weighted by Crippen LogP contribution is -2.12. The monoisotopic (exact) mass is 139 g/mol. The lowest BCUT2D eigenvalue weighted by Gasteiger charge is -1.97. The number of nitrogens with zero attached hydrogens (tertiary/aromatic N) is 2. The quantitative estimate of drug-likeness (QED) is 0.674. The van der Waals surface area contributed by atoms with Gasteiger partial charge in [-0.15, -0.1) is 0 Å². The molecule has 0 radical (unpaired) electrons. The molecule has 1 rings (SSSR count). The van der Waals surface area contributed by atoms with Crippen molar-refractivity contribution in [2.75, 3.05) is 6.54 Å². The van der Waals surface area contributed by atoms with Crippen LogP contribution in [0.5, 0.6) is 0 Å².